The van der Waals surface area contributed by atoms with Crippen LogP contribution in [0.2, 0.25) is 0 Å². The summed E-state index contributed by atoms with van der Waals surface area (Å²) in [6.07, 6.45) is 2.81. The van der Waals surface area contributed by atoms with E-state index in [1.54, 1.807) is 24.3 Å². The van der Waals surface area contributed by atoms with Crippen LogP contribution < -0.4 is 5.63 Å². The molecule has 0 spiro atoms. The molecule has 0 atom stereocenters. The number of hydrogen-bond acceptors (Lipinski definition) is 5. The van der Waals surface area contributed by atoms with Crippen molar-refractivity contribution in [3.05, 3.63) is 74.5 Å². The minimum Gasteiger partial charge on any atom is -0.462 e. The Labute approximate surface area is 145 Å². The summed E-state index contributed by atoms with van der Waals surface area (Å²) in [5.74, 6) is 0.805. The fourth-order valence-electron chi connectivity index (χ4n) is 2.21. The summed E-state index contributed by atoms with van der Waals surface area (Å²) >= 11 is 3.32. The van der Waals surface area contributed by atoms with Crippen LogP contribution in [0, 0.1) is 6.92 Å². The molecule has 0 aliphatic heterocycles. The number of aryl methyl sites for hydroxylation is 1. The Morgan fingerprint density at radius 2 is 2.04 bits per heavy atom. The minimum absolute atomic E-state index is 0.0237. The summed E-state index contributed by atoms with van der Waals surface area (Å²) in [6.45, 7) is 1.80. The number of carbonyl (C=O) groups is 1. The molecule has 0 aliphatic carbocycles. The SMILES string of the molecule is Cc1ccc(/C=C/C(=O)OCc2cc(=O)oc3cc(Br)ccc23)o1. The Bertz CT molecular complexity index is 980. The van der Waals surface area contributed by atoms with E-state index in [2.05, 4.69) is 15.9 Å². The maximum Gasteiger partial charge on any atom is 0.336 e. The van der Waals surface area contributed by atoms with Crippen molar-refractivity contribution in [1.29, 1.82) is 0 Å². The summed E-state index contributed by atoms with van der Waals surface area (Å²) in [4.78, 5) is 23.4. The fourth-order valence-corrected chi connectivity index (χ4v) is 2.55. The lowest BCUT2D eigenvalue weighted by Crippen LogP contribution is -2.05. The van der Waals surface area contributed by atoms with Crippen molar-refractivity contribution in [3.8, 4) is 0 Å². The molecule has 2 heterocycles. The van der Waals surface area contributed by atoms with Gasteiger partial charge in [-0.1, -0.05) is 15.9 Å². The van der Waals surface area contributed by atoms with Crippen molar-refractivity contribution < 1.29 is 18.4 Å². The van der Waals surface area contributed by atoms with Gasteiger partial charge in [0.25, 0.3) is 0 Å². The van der Waals surface area contributed by atoms with E-state index in [9.17, 15) is 9.59 Å². The molecular formula is C18H13BrO5. The van der Waals surface area contributed by atoms with Gasteiger partial charge in [0, 0.05) is 27.6 Å². The maximum absolute atomic E-state index is 11.8. The number of benzene rings is 1. The Morgan fingerprint density at radius 1 is 1.21 bits per heavy atom. The van der Waals surface area contributed by atoms with Crippen molar-refractivity contribution in [3.63, 3.8) is 0 Å². The molecule has 0 aliphatic rings. The van der Waals surface area contributed by atoms with Crippen LogP contribution in [0.3, 0.4) is 0 Å². The number of carbonyl (C=O) groups excluding carboxylic acids is 1. The lowest BCUT2D eigenvalue weighted by Gasteiger charge is -2.06. The first kappa shape index (κ1) is 16.3. The van der Waals surface area contributed by atoms with Gasteiger partial charge >= 0.3 is 11.6 Å². The van der Waals surface area contributed by atoms with Crippen LogP contribution in [-0.2, 0) is 16.1 Å². The van der Waals surface area contributed by atoms with Gasteiger partial charge in [-0.05, 0) is 43.3 Å². The summed E-state index contributed by atoms with van der Waals surface area (Å²) in [7, 11) is 0. The molecule has 1 aromatic carbocycles. The Kier molecular flexibility index (Phi) is 4.66. The number of furan rings is 1. The maximum atomic E-state index is 11.8. The highest BCUT2D eigenvalue weighted by Crippen LogP contribution is 2.22. The van der Waals surface area contributed by atoms with Gasteiger partial charge in [0.2, 0.25) is 0 Å². The van der Waals surface area contributed by atoms with Crippen LogP contribution in [0.1, 0.15) is 17.1 Å². The number of fused-ring (bicyclic) bond motifs is 1. The second-order valence-corrected chi connectivity index (χ2v) is 6.04. The molecule has 5 nitrogen and oxygen atoms in total. The Balaban J connectivity index is 1.74. The molecular weight excluding hydrogens is 376 g/mol. The first-order valence-corrected chi connectivity index (χ1v) is 7.94. The summed E-state index contributed by atoms with van der Waals surface area (Å²) in [6, 6.07) is 10.2. The van der Waals surface area contributed by atoms with Crippen molar-refractivity contribution in [2.24, 2.45) is 0 Å². The third kappa shape index (κ3) is 3.83. The van der Waals surface area contributed by atoms with E-state index < -0.39 is 11.6 Å². The quantitative estimate of drug-likeness (QED) is 0.380. The van der Waals surface area contributed by atoms with Gasteiger partial charge in [-0.3, -0.25) is 0 Å². The van der Waals surface area contributed by atoms with Gasteiger partial charge < -0.3 is 13.6 Å². The smallest absolute Gasteiger partial charge is 0.336 e. The van der Waals surface area contributed by atoms with E-state index in [4.69, 9.17) is 13.6 Å². The van der Waals surface area contributed by atoms with Crippen molar-refractivity contribution in [2.75, 3.05) is 0 Å². The number of hydrogen-bond donors (Lipinski definition) is 0. The second kappa shape index (κ2) is 6.88. The molecule has 0 fully saturated rings. The molecule has 0 amide bonds. The normalized spacial score (nSPS) is 11.2. The zero-order valence-corrected chi connectivity index (χ0v) is 14.3. The Hall–Kier alpha value is -2.60. The van der Waals surface area contributed by atoms with Crippen LogP contribution >= 0.6 is 15.9 Å². The number of halogens is 1. The number of esters is 1. The zero-order valence-electron chi connectivity index (χ0n) is 12.7. The van der Waals surface area contributed by atoms with E-state index >= 15 is 0 Å². The molecule has 0 N–H and O–H groups in total. The Morgan fingerprint density at radius 3 is 2.79 bits per heavy atom. The summed E-state index contributed by atoms with van der Waals surface area (Å²) < 4.78 is 16.5. The van der Waals surface area contributed by atoms with Gasteiger partial charge in [-0.2, -0.15) is 0 Å². The second-order valence-electron chi connectivity index (χ2n) is 5.12. The molecule has 2 aromatic heterocycles. The minimum atomic E-state index is -0.525. The van der Waals surface area contributed by atoms with Gasteiger partial charge in [0.05, 0.1) is 0 Å². The molecule has 6 heteroatoms. The summed E-state index contributed by atoms with van der Waals surface area (Å²) in [5, 5.41) is 0.719. The van der Waals surface area contributed by atoms with E-state index in [-0.39, 0.29) is 6.61 Å². The van der Waals surface area contributed by atoms with Gasteiger partial charge in [0.1, 0.15) is 23.7 Å². The molecule has 3 rings (SSSR count). The topological polar surface area (TPSA) is 69.7 Å². The van der Waals surface area contributed by atoms with Crippen molar-refractivity contribution in [1.82, 2.24) is 0 Å². The average Bonchev–Trinajstić information content (AvgIpc) is 2.95. The third-order valence-corrected chi connectivity index (χ3v) is 3.80. The van der Waals surface area contributed by atoms with E-state index in [0.29, 0.717) is 16.9 Å². The predicted octanol–water partition coefficient (Wildman–Crippen LogP) is 4.21. The fraction of sp³-hybridized carbons (Fsp3) is 0.111. The van der Waals surface area contributed by atoms with Crippen LogP contribution in [-0.4, -0.2) is 5.97 Å². The highest BCUT2D eigenvalue weighted by molar-refractivity contribution is 9.10. The lowest BCUT2D eigenvalue weighted by molar-refractivity contribution is -0.138. The molecule has 122 valence electrons. The van der Waals surface area contributed by atoms with Gasteiger partial charge in [-0.15, -0.1) is 0 Å². The van der Waals surface area contributed by atoms with E-state index in [0.717, 1.165) is 15.6 Å². The molecule has 3 aromatic rings. The first-order valence-electron chi connectivity index (χ1n) is 7.15. The first-order chi connectivity index (χ1) is 11.5. The highest BCUT2D eigenvalue weighted by Gasteiger charge is 2.08. The van der Waals surface area contributed by atoms with Crippen LogP contribution in [0.4, 0.5) is 0 Å². The zero-order chi connectivity index (χ0) is 17.1. The van der Waals surface area contributed by atoms with E-state index in [1.807, 2.05) is 13.0 Å². The molecule has 0 saturated heterocycles. The number of rotatable bonds is 4. The molecule has 0 bridgehead atoms. The van der Waals surface area contributed by atoms with Crippen LogP contribution in [0.5, 0.6) is 0 Å². The van der Waals surface area contributed by atoms with Crippen LogP contribution in [0.25, 0.3) is 17.0 Å². The lowest BCUT2D eigenvalue weighted by atomic mass is 10.1. The highest BCUT2D eigenvalue weighted by atomic mass is 79.9. The molecule has 0 unspecified atom stereocenters. The van der Waals surface area contributed by atoms with E-state index in [1.165, 1.54) is 18.2 Å². The molecule has 24 heavy (non-hydrogen) atoms. The van der Waals surface area contributed by atoms with Crippen molar-refractivity contribution in [2.45, 2.75) is 13.5 Å². The average molecular weight is 389 g/mol. The molecule has 0 radical (unpaired) electrons. The monoisotopic (exact) mass is 388 g/mol. The predicted molar refractivity (Wildman–Crippen MR) is 92.5 cm³/mol. The molecule has 0 saturated carbocycles. The third-order valence-electron chi connectivity index (χ3n) is 3.31. The largest absolute Gasteiger partial charge is 0.462 e. The summed E-state index contributed by atoms with van der Waals surface area (Å²) in [5.41, 5.74) is 0.530. The van der Waals surface area contributed by atoms with Gasteiger partial charge in [0.15, 0.2) is 0 Å². The van der Waals surface area contributed by atoms with Gasteiger partial charge in [-0.25, -0.2) is 9.59 Å². The number of ether oxygens (including phenoxy) is 1. The standard InChI is InChI=1S/C18H13BrO5/c1-11-2-4-14(23-11)5-7-17(20)22-10-12-8-18(21)24-16-9-13(19)3-6-15(12)16/h2-9H,10H2,1H3/b7-5+. The van der Waals surface area contributed by atoms with Crippen molar-refractivity contribution >= 4 is 38.9 Å². The van der Waals surface area contributed by atoms with Crippen LogP contribution in [0.15, 0.2) is 60.6 Å².